The number of hydrogen-bond acceptors (Lipinski definition) is 6. The highest BCUT2D eigenvalue weighted by Crippen LogP contribution is 2.14. The highest BCUT2D eigenvalue weighted by atomic mass is 16.6. The molecule has 150 valence electrons. The molecule has 0 radical (unpaired) electrons. The van der Waals surface area contributed by atoms with Crippen LogP contribution in [0.4, 0.5) is 4.79 Å². The third kappa shape index (κ3) is 7.26. The Morgan fingerprint density at radius 3 is 2.50 bits per heavy atom. The van der Waals surface area contributed by atoms with Crippen molar-refractivity contribution in [2.75, 3.05) is 13.7 Å². The third-order valence-electron chi connectivity index (χ3n) is 3.63. The van der Waals surface area contributed by atoms with E-state index in [2.05, 4.69) is 15.0 Å². The van der Waals surface area contributed by atoms with Gasteiger partial charge in [-0.15, -0.1) is 0 Å². The van der Waals surface area contributed by atoms with Crippen molar-refractivity contribution in [3.8, 4) is 5.75 Å². The first-order valence-corrected chi connectivity index (χ1v) is 8.96. The number of hydrogen-bond donors (Lipinski definition) is 1. The summed E-state index contributed by atoms with van der Waals surface area (Å²) in [5.74, 6) is -0.0855. The molecule has 1 aromatic carbocycles. The average molecular weight is 386 g/mol. The summed E-state index contributed by atoms with van der Waals surface area (Å²) in [6.45, 7) is 5.60. The number of benzene rings is 1. The van der Waals surface area contributed by atoms with Crippen LogP contribution in [0.2, 0.25) is 0 Å². The van der Waals surface area contributed by atoms with Gasteiger partial charge in [0, 0.05) is 6.20 Å². The maximum atomic E-state index is 12.2. The van der Waals surface area contributed by atoms with Crippen molar-refractivity contribution in [3.05, 3.63) is 59.9 Å². The Hall–Kier alpha value is -3.09. The zero-order chi connectivity index (χ0) is 20.6. The molecule has 0 aliphatic rings. The van der Waals surface area contributed by atoms with Crippen LogP contribution in [0.1, 0.15) is 36.7 Å². The van der Waals surface area contributed by atoms with Crippen molar-refractivity contribution >= 4 is 12.1 Å². The van der Waals surface area contributed by atoms with Crippen LogP contribution >= 0.6 is 0 Å². The van der Waals surface area contributed by atoms with E-state index < -0.39 is 17.7 Å². The number of amides is 1. The van der Waals surface area contributed by atoms with Gasteiger partial charge < -0.3 is 19.5 Å². The number of nitrogens with one attached hydrogen (secondary N) is 1. The summed E-state index contributed by atoms with van der Waals surface area (Å²) in [4.78, 5) is 27.8. The van der Waals surface area contributed by atoms with Crippen LogP contribution in [0.15, 0.2) is 48.8 Å². The number of aromatic nitrogens is 1. The highest BCUT2D eigenvalue weighted by molar-refractivity contribution is 5.89. The van der Waals surface area contributed by atoms with Gasteiger partial charge in [-0.25, -0.2) is 9.59 Å². The first kappa shape index (κ1) is 21.2. The summed E-state index contributed by atoms with van der Waals surface area (Å²) in [7, 11) is 1.30. The van der Waals surface area contributed by atoms with E-state index in [1.165, 1.54) is 19.5 Å². The fraction of sp³-hybridized carbons (Fsp3) is 0.381. The summed E-state index contributed by atoms with van der Waals surface area (Å²) in [6, 6.07) is 11.0. The van der Waals surface area contributed by atoms with Crippen LogP contribution in [-0.4, -0.2) is 42.4 Å². The molecule has 2 rings (SSSR count). The molecule has 1 aromatic heterocycles. The lowest BCUT2D eigenvalue weighted by molar-refractivity contribution is 0.0487. The average Bonchev–Trinajstić information content (AvgIpc) is 2.65. The van der Waals surface area contributed by atoms with Gasteiger partial charge in [0.1, 0.15) is 18.0 Å². The van der Waals surface area contributed by atoms with Crippen LogP contribution in [0, 0.1) is 0 Å². The van der Waals surface area contributed by atoms with Crippen molar-refractivity contribution in [3.63, 3.8) is 0 Å². The number of nitrogens with zero attached hydrogens (tertiary/aromatic N) is 1. The van der Waals surface area contributed by atoms with E-state index in [-0.39, 0.29) is 12.6 Å². The van der Waals surface area contributed by atoms with Crippen LogP contribution in [0.25, 0.3) is 0 Å². The van der Waals surface area contributed by atoms with E-state index in [9.17, 15) is 9.59 Å². The monoisotopic (exact) mass is 386 g/mol. The Morgan fingerprint density at radius 2 is 1.86 bits per heavy atom. The number of methoxy groups -OCH3 is 1. The Balaban J connectivity index is 2.06. The maximum absolute atomic E-state index is 12.2. The number of esters is 1. The Kier molecular flexibility index (Phi) is 7.37. The SMILES string of the molecule is COC(=O)c1cncc(OC[C@@H](Cc2ccccc2)NC(=O)OC(C)(C)C)c1. The van der Waals surface area contributed by atoms with E-state index >= 15 is 0 Å². The second-order valence-electron chi connectivity index (χ2n) is 7.24. The molecule has 7 heteroatoms. The molecule has 1 atom stereocenters. The minimum atomic E-state index is -0.596. The molecule has 7 nitrogen and oxygen atoms in total. The van der Waals surface area contributed by atoms with Gasteiger partial charge in [0.05, 0.1) is 24.9 Å². The Morgan fingerprint density at radius 1 is 1.14 bits per heavy atom. The molecule has 1 amide bonds. The van der Waals surface area contributed by atoms with Crippen molar-refractivity contribution in [2.45, 2.75) is 38.8 Å². The van der Waals surface area contributed by atoms with Gasteiger partial charge in [0.2, 0.25) is 0 Å². The normalized spacial score (nSPS) is 12.0. The van der Waals surface area contributed by atoms with Gasteiger partial charge in [-0.2, -0.15) is 0 Å². The van der Waals surface area contributed by atoms with E-state index in [0.717, 1.165) is 5.56 Å². The molecule has 0 aliphatic carbocycles. The summed E-state index contributed by atoms with van der Waals surface area (Å²) in [5.41, 5.74) is 0.745. The number of alkyl carbamates (subject to hydrolysis) is 1. The minimum absolute atomic E-state index is 0.181. The quantitative estimate of drug-likeness (QED) is 0.734. The van der Waals surface area contributed by atoms with Crippen LogP contribution in [-0.2, 0) is 15.9 Å². The van der Waals surface area contributed by atoms with E-state index in [0.29, 0.717) is 17.7 Å². The lowest BCUT2D eigenvalue weighted by atomic mass is 10.1. The predicted molar refractivity (Wildman–Crippen MR) is 104 cm³/mol. The molecule has 0 bridgehead atoms. The smallest absolute Gasteiger partial charge is 0.408 e. The molecule has 0 spiro atoms. The molecule has 0 aliphatic heterocycles. The van der Waals surface area contributed by atoms with Crippen molar-refractivity contribution in [1.82, 2.24) is 10.3 Å². The summed E-state index contributed by atoms with van der Waals surface area (Å²) >= 11 is 0. The number of pyridine rings is 1. The Labute approximate surface area is 165 Å². The standard InChI is InChI=1S/C21H26N2O5/c1-21(2,3)28-20(25)23-17(10-15-8-6-5-7-9-15)14-27-18-11-16(12-22-13-18)19(24)26-4/h5-9,11-13,17H,10,14H2,1-4H3,(H,23,25)/t17-/m1/s1. The minimum Gasteiger partial charge on any atom is -0.490 e. The van der Waals surface area contributed by atoms with Crippen molar-refractivity contribution < 1.29 is 23.8 Å². The lowest BCUT2D eigenvalue weighted by Crippen LogP contribution is -2.43. The zero-order valence-electron chi connectivity index (χ0n) is 16.6. The van der Waals surface area contributed by atoms with Crippen LogP contribution in [0.5, 0.6) is 5.75 Å². The van der Waals surface area contributed by atoms with Gasteiger partial charge >= 0.3 is 12.1 Å². The molecule has 28 heavy (non-hydrogen) atoms. The number of carbonyl (C=O) groups excluding carboxylic acids is 2. The van der Waals surface area contributed by atoms with Crippen LogP contribution < -0.4 is 10.1 Å². The highest BCUT2D eigenvalue weighted by Gasteiger charge is 2.20. The first-order valence-electron chi connectivity index (χ1n) is 8.96. The number of ether oxygens (including phenoxy) is 3. The zero-order valence-corrected chi connectivity index (χ0v) is 16.6. The lowest BCUT2D eigenvalue weighted by Gasteiger charge is -2.24. The van der Waals surface area contributed by atoms with Gasteiger partial charge in [-0.3, -0.25) is 4.98 Å². The predicted octanol–water partition coefficient (Wildman–Crippen LogP) is 3.38. The molecular weight excluding hydrogens is 360 g/mol. The van der Waals surface area contributed by atoms with Gasteiger partial charge in [0.15, 0.2) is 0 Å². The topological polar surface area (TPSA) is 86.8 Å². The first-order chi connectivity index (χ1) is 13.3. The fourth-order valence-corrected chi connectivity index (χ4v) is 2.45. The molecular formula is C21H26N2O5. The molecule has 1 heterocycles. The summed E-state index contributed by atoms with van der Waals surface area (Å²) < 4.78 is 15.8. The number of carbonyl (C=O) groups is 2. The maximum Gasteiger partial charge on any atom is 0.408 e. The van der Waals surface area contributed by atoms with E-state index in [1.807, 2.05) is 30.3 Å². The second-order valence-corrected chi connectivity index (χ2v) is 7.24. The van der Waals surface area contributed by atoms with Gasteiger partial charge in [-0.1, -0.05) is 30.3 Å². The van der Waals surface area contributed by atoms with Crippen molar-refractivity contribution in [2.24, 2.45) is 0 Å². The number of rotatable bonds is 7. The summed E-state index contributed by atoms with van der Waals surface area (Å²) in [5, 5.41) is 2.84. The van der Waals surface area contributed by atoms with Crippen molar-refractivity contribution in [1.29, 1.82) is 0 Å². The van der Waals surface area contributed by atoms with Gasteiger partial charge in [0.25, 0.3) is 0 Å². The molecule has 1 N–H and O–H groups in total. The second kappa shape index (κ2) is 9.73. The molecule has 2 aromatic rings. The molecule has 0 fully saturated rings. The molecule has 0 saturated carbocycles. The summed E-state index contributed by atoms with van der Waals surface area (Å²) in [6.07, 6.45) is 2.95. The van der Waals surface area contributed by atoms with E-state index in [4.69, 9.17) is 9.47 Å². The Bertz CT molecular complexity index is 787. The largest absolute Gasteiger partial charge is 0.490 e. The fourth-order valence-electron chi connectivity index (χ4n) is 2.45. The third-order valence-corrected chi connectivity index (χ3v) is 3.63. The molecule has 0 unspecified atom stereocenters. The van der Waals surface area contributed by atoms with E-state index in [1.54, 1.807) is 26.8 Å². The van der Waals surface area contributed by atoms with Gasteiger partial charge in [-0.05, 0) is 38.8 Å². The van der Waals surface area contributed by atoms with Crippen LogP contribution in [0.3, 0.4) is 0 Å². The molecule has 0 saturated heterocycles.